The molecule has 0 radical (unpaired) electrons. The first-order valence-corrected chi connectivity index (χ1v) is 4.60. The van der Waals surface area contributed by atoms with Gasteiger partial charge in [-0.05, 0) is 13.0 Å². The molecule has 0 unspecified atom stereocenters. The number of nitrogens with one attached hydrogen (secondary N) is 1. The Kier molecular flexibility index (Phi) is 4.19. The maximum absolute atomic E-state index is 11.0. The molecule has 0 bridgehead atoms. The van der Waals surface area contributed by atoms with Crippen LogP contribution in [0.5, 0.6) is 0 Å². The smallest absolute Gasteiger partial charge is 0.325 e. The highest BCUT2D eigenvalue weighted by atomic mass is 35.5. The number of hydrogen-bond donors (Lipinski definition) is 1. The summed E-state index contributed by atoms with van der Waals surface area (Å²) >= 11 is 5.70. The van der Waals surface area contributed by atoms with Gasteiger partial charge in [-0.25, -0.2) is 0 Å². The van der Waals surface area contributed by atoms with Crippen molar-refractivity contribution in [3.8, 4) is 0 Å². The molecule has 0 aliphatic rings. The molecular weight excluding hydrogens is 204 g/mol. The van der Waals surface area contributed by atoms with Gasteiger partial charge in [0.05, 0.1) is 23.5 Å². The van der Waals surface area contributed by atoms with Crippen molar-refractivity contribution in [1.29, 1.82) is 0 Å². The van der Waals surface area contributed by atoms with Crippen LogP contribution in [0, 0.1) is 0 Å². The van der Waals surface area contributed by atoms with E-state index in [0.29, 0.717) is 17.3 Å². The molecule has 1 rings (SSSR count). The van der Waals surface area contributed by atoms with Crippen LogP contribution >= 0.6 is 11.6 Å². The number of pyridine rings is 1. The van der Waals surface area contributed by atoms with Crippen molar-refractivity contribution in [2.75, 3.05) is 18.5 Å². The molecule has 0 spiro atoms. The third-order valence-electron chi connectivity index (χ3n) is 1.45. The molecule has 0 aromatic carbocycles. The molecule has 76 valence electrons. The first kappa shape index (κ1) is 10.8. The van der Waals surface area contributed by atoms with Crippen LogP contribution in [0.2, 0.25) is 5.02 Å². The first-order chi connectivity index (χ1) is 6.72. The fraction of sp³-hybridized carbons (Fsp3) is 0.333. The summed E-state index contributed by atoms with van der Waals surface area (Å²) in [5.74, 6) is -0.299. The largest absolute Gasteiger partial charge is 0.465 e. The van der Waals surface area contributed by atoms with Gasteiger partial charge in [-0.15, -0.1) is 0 Å². The molecule has 0 amide bonds. The van der Waals surface area contributed by atoms with Gasteiger partial charge < -0.3 is 10.1 Å². The molecule has 14 heavy (non-hydrogen) atoms. The third-order valence-corrected chi connectivity index (χ3v) is 1.65. The molecule has 1 heterocycles. The monoisotopic (exact) mass is 214 g/mol. The third kappa shape index (κ3) is 3.62. The van der Waals surface area contributed by atoms with E-state index in [9.17, 15) is 4.79 Å². The summed E-state index contributed by atoms with van der Waals surface area (Å²) in [6, 6.07) is 1.69. The van der Waals surface area contributed by atoms with E-state index >= 15 is 0 Å². The van der Waals surface area contributed by atoms with E-state index in [4.69, 9.17) is 16.3 Å². The molecule has 0 saturated carbocycles. The second-order valence-corrected chi connectivity index (χ2v) is 2.99. The van der Waals surface area contributed by atoms with Gasteiger partial charge in [0, 0.05) is 6.20 Å². The van der Waals surface area contributed by atoms with Crippen LogP contribution in [0.1, 0.15) is 6.92 Å². The van der Waals surface area contributed by atoms with Crippen LogP contribution in [0.4, 0.5) is 5.69 Å². The van der Waals surface area contributed by atoms with Gasteiger partial charge in [0.25, 0.3) is 0 Å². The molecule has 0 aliphatic carbocycles. The summed E-state index contributed by atoms with van der Waals surface area (Å²) in [6.45, 7) is 2.27. The predicted octanol–water partition coefficient (Wildman–Crippen LogP) is 1.71. The Bertz CT molecular complexity index is 317. The lowest BCUT2D eigenvalue weighted by molar-refractivity contribution is -0.140. The van der Waals surface area contributed by atoms with Crippen molar-refractivity contribution >= 4 is 23.3 Å². The molecule has 0 atom stereocenters. The minimum atomic E-state index is -0.299. The highest BCUT2D eigenvalue weighted by molar-refractivity contribution is 6.30. The van der Waals surface area contributed by atoms with Gasteiger partial charge >= 0.3 is 5.97 Å². The zero-order valence-corrected chi connectivity index (χ0v) is 8.54. The van der Waals surface area contributed by atoms with E-state index in [0.717, 1.165) is 0 Å². The second-order valence-electron chi connectivity index (χ2n) is 2.55. The highest BCUT2D eigenvalue weighted by Gasteiger charge is 2.01. The maximum Gasteiger partial charge on any atom is 0.325 e. The fourth-order valence-corrected chi connectivity index (χ4v) is 1.07. The Labute approximate surface area is 87.2 Å². The minimum Gasteiger partial charge on any atom is -0.465 e. The minimum absolute atomic E-state index is 0.121. The van der Waals surface area contributed by atoms with Crippen LogP contribution in [-0.4, -0.2) is 24.1 Å². The number of aromatic nitrogens is 1. The summed E-state index contributed by atoms with van der Waals surface area (Å²) < 4.78 is 4.74. The molecule has 4 nitrogen and oxygen atoms in total. The Morgan fingerprint density at radius 2 is 2.43 bits per heavy atom. The van der Waals surface area contributed by atoms with E-state index in [2.05, 4.69) is 10.3 Å². The van der Waals surface area contributed by atoms with Gasteiger partial charge in [0.2, 0.25) is 0 Å². The summed E-state index contributed by atoms with van der Waals surface area (Å²) in [7, 11) is 0. The quantitative estimate of drug-likeness (QED) is 0.776. The van der Waals surface area contributed by atoms with Gasteiger partial charge in [-0.1, -0.05) is 11.6 Å². The summed E-state index contributed by atoms with van der Waals surface area (Å²) in [5.41, 5.74) is 0.700. The van der Waals surface area contributed by atoms with Crippen molar-refractivity contribution in [2.24, 2.45) is 0 Å². The van der Waals surface area contributed by atoms with E-state index in [1.165, 1.54) is 6.20 Å². The first-order valence-electron chi connectivity index (χ1n) is 4.22. The zero-order chi connectivity index (χ0) is 10.4. The Morgan fingerprint density at radius 1 is 1.64 bits per heavy atom. The van der Waals surface area contributed by atoms with Crippen LogP contribution in [0.25, 0.3) is 0 Å². The molecule has 0 saturated heterocycles. The van der Waals surface area contributed by atoms with Gasteiger partial charge in [0.1, 0.15) is 6.54 Å². The average molecular weight is 215 g/mol. The molecule has 1 aromatic heterocycles. The van der Waals surface area contributed by atoms with E-state index in [-0.39, 0.29) is 12.5 Å². The van der Waals surface area contributed by atoms with Crippen molar-refractivity contribution in [3.05, 3.63) is 23.5 Å². The Morgan fingerprint density at radius 3 is 3.07 bits per heavy atom. The van der Waals surface area contributed by atoms with E-state index < -0.39 is 0 Å². The highest BCUT2D eigenvalue weighted by Crippen LogP contribution is 2.12. The van der Waals surface area contributed by atoms with Crippen molar-refractivity contribution in [3.63, 3.8) is 0 Å². The number of halogens is 1. The van der Waals surface area contributed by atoms with E-state index in [1.807, 2.05) is 0 Å². The summed E-state index contributed by atoms with van der Waals surface area (Å²) in [5, 5.41) is 3.38. The summed E-state index contributed by atoms with van der Waals surface area (Å²) in [6.07, 6.45) is 3.11. The number of carbonyl (C=O) groups is 1. The molecule has 5 heteroatoms. The van der Waals surface area contributed by atoms with Gasteiger partial charge in [0.15, 0.2) is 0 Å². The normalized spacial score (nSPS) is 9.57. The molecule has 1 N–H and O–H groups in total. The molecular formula is C9H11ClN2O2. The van der Waals surface area contributed by atoms with E-state index in [1.54, 1.807) is 19.2 Å². The number of carbonyl (C=O) groups excluding carboxylic acids is 1. The summed E-state index contributed by atoms with van der Waals surface area (Å²) in [4.78, 5) is 14.8. The number of esters is 1. The van der Waals surface area contributed by atoms with Gasteiger partial charge in [-0.2, -0.15) is 0 Å². The van der Waals surface area contributed by atoms with Crippen LogP contribution in [0.15, 0.2) is 18.5 Å². The van der Waals surface area contributed by atoms with Crippen LogP contribution in [0.3, 0.4) is 0 Å². The lowest BCUT2D eigenvalue weighted by atomic mass is 10.4. The van der Waals surface area contributed by atoms with Crippen molar-refractivity contribution in [1.82, 2.24) is 4.98 Å². The second kappa shape index (κ2) is 5.44. The van der Waals surface area contributed by atoms with Gasteiger partial charge in [-0.3, -0.25) is 9.78 Å². The van der Waals surface area contributed by atoms with Crippen LogP contribution < -0.4 is 5.32 Å². The number of hydrogen-bond acceptors (Lipinski definition) is 4. The Balaban J connectivity index is 2.41. The fourth-order valence-electron chi connectivity index (χ4n) is 0.895. The topological polar surface area (TPSA) is 51.2 Å². The van der Waals surface area contributed by atoms with Crippen molar-refractivity contribution in [2.45, 2.75) is 6.92 Å². The maximum atomic E-state index is 11.0. The lowest BCUT2D eigenvalue weighted by Gasteiger charge is -2.05. The van der Waals surface area contributed by atoms with Crippen LogP contribution in [-0.2, 0) is 9.53 Å². The van der Waals surface area contributed by atoms with Crippen molar-refractivity contribution < 1.29 is 9.53 Å². The predicted molar refractivity (Wildman–Crippen MR) is 54.4 cm³/mol. The molecule has 0 fully saturated rings. The number of ether oxygens (including phenoxy) is 1. The Hall–Kier alpha value is -1.29. The number of rotatable bonds is 4. The number of nitrogens with zero attached hydrogens (tertiary/aromatic N) is 1. The molecule has 0 aliphatic heterocycles. The number of anilines is 1. The standard InChI is InChI=1S/C9H11ClN2O2/c1-2-14-9(13)6-12-8-3-7(10)4-11-5-8/h3-5,12H,2,6H2,1H3. The lowest BCUT2D eigenvalue weighted by Crippen LogP contribution is -2.16. The average Bonchev–Trinajstić information content (AvgIpc) is 2.15. The SMILES string of the molecule is CCOC(=O)CNc1cncc(Cl)c1. The zero-order valence-electron chi connectivity index (χ0n) is 7.79. The molecule has 1 aromatic rings.